The number of allylic oxidation sites excluding steroid dienone is 1. The summed E-state index contributed by atoms with van der Waals surface area (Å²) >= 11 is 0. The Labute approximate surface area is 210 Å². The molecule has 0 spiro atoms. The number of ether oxygens (including phenoxy) is 2. The fourth-order valence-electron chi connectivity index (χ4n) is 7.82. The molecule has 5 nitrogen and oxygen atoms in total. The van der Waals surface area contributed by atoms with Gasteiger partial charge in [-0.15, -0.1) is 0 Å². The molecule has 3 N–H and O–H groups in total. The molecule has 35 heavy (non-hydrogen) atoms. The van der Waals surface area contributed by atoms with Crippen LogP contribution in [0.4, 0.5) is 0 Å². The van der Waals surface area contributed by atoms with Crippen LogP contribution in [0.15, 0.2) is 35.4 Å². The van der Waals surface area contributed by atoms with Crippen LogP contribution < -0.4 is 0 Å². The van der Waals surface area contributed by atoms with Crippen molar-refractivity contribution < 1.29 is 24.8 Å². The Balaban J connectivity index is 1.62. The monoisotopic (exact) mass is 484 g/mol. The van der Waals surface area contributed by atoms with Crippen molar-refractivity contribution >= 4 is 0 Å². The van der Waals surface area contributed by atoms with Crippen molar-refractivity contribution in [2.75, 3.05) is 26.4 Å². The lowest BCUT2D eigenvalue weighted by Crippen LogP contribution is -2.53. The predicted molar refractivity (Wildman–Crippen MR) is 136 cm³/mol. The highest BCUT2D eigenvalue weighted by atomic mass is 16.5. The molecule has 0 aromatic heterocycles. The van der Waals surface area contributed by atoms with Crippen molar-refractivity contribution in [2.45, 2.75) is 89.9 Å². The van der Waals surface area contributed by atoms with Crippen molar-refractivity contribution in [2.24, 2.45) is 22.7 Å². The van der Waals surface area contributed by atoms with E-state index in [0.717, 1.165) is 36.8 Å². The van der Waals surface area contributed by atoms with Crippen molar-refractivity contribution in [3.63, 3.8) is 0 Å². The van der Waals surface area contributed by atoms with Gasteiger partial charge in [-0.2, -0.15) is 0 Å². The van der Waals surface area contributed by atoms with E-state index in [1.807, 2.05) is 19.1 Å². The molecule has 0 radical (unpaired) electrons. The molecule has 5 heteroatoms. The van der Waals surface area contributed by atoms with Gasteiger partial charge in [0.05, 0.1) is 38.6 Å². The molecule has 1 aliphatic heterocycles. The highest BCUT2D eigenvalue weighted by Gasteiger charge is 2.62. The SMILES string of the molecule is CC1(C)COCCC2=C3C(c4ccc(CO)cc4)CC4(C)C(CCC4(C)O)C3CCC2(O)COC1. The Kier molecular flexibility index (Phi) is 6.50. The quantitative estimate of drug-likeness (QED) is 0.529. The van der Waals surface area contributed by atoms with Crippen LogP contribution >= 0.6 is 0 Å². The predicted octanol–water partition coefficient (Wildman–Crippen LogP) is 4.73. The summed E-state index contributed by atoms with van der Waals surface area (Å²) in [5.74, 6) is 0.883. The molecule has 1 saturated heterocycles. The van der Waals surface area contributed by atoms with E-state index in [1.54, 1.807) is 0 Å². The lowest BCUT2D eigenvalue weighted by Gasteiger charge is -2.55. The van der Waals surface area contributed by atoms with E-state index in [2.05, 4.69) is 32.9 Å². The van der Waals surface area contributed by atoms with Gasteiger partial charge in [0.25, 0.3) is 0 Å². The fourth-order valence-corrected chi connectivity index (χ4v) is 7.82. The third-order valence-electron chi connectivity index (χ3n) is 10.0. The normalized spacial score (nSPS) is 41.6. The average Bonchev–Trinajstić information content (AvgIpc) is 3.05. The molecule has 5 rings (SSSR count). The van der Waals surface area contributed by atoms with Gasteiger partial charge in [0.1, 0.15) is 5.60 Å². The van der Waals surface area contributed by atoms with Gasteiger partial charge in [0.2, 0.25) is 0 Å². The van der Waals surface area contributed by atoms with Crippen molar-refractivity contribution in [1.82, 2.24) is 0 Å². The molecule has 6 atom stereocenters. The van der Waals surface area contributed by atoms with Crippen LogP contribution in [0.1, 0.15) is 83.3 Å². The Morgan fingerprint density at radius 2 is 1.63 bits per heavy atom. The first-order valence-corrected chi connectivity index (χ1v) is 13.5. The van der Waals surface area contributed by atoms with Crippen LogP contribution in [0.3, 0.4) is 0 Å². The molecule has 1 aromatic rings. The van der Waals surface area contributed by atoms with Gasteiger partial charge in [-0.25, -0.2) is 0 Å². The molecule has 0 amide bonds. The summed E-state index contributed by atoms with van der Waals surface area (Å²) in [5.41, 5.74) is 2.70. The maximum Gasteiger partial charge on any atom is 0.109 e. The molecular formula is C30H44O5. The van der Waals surface area contributed by atoms with Crippen molar-refractivity contribution in [3.05, 3.63) is 46.5 Å². The van der Waals surface area contributed by atoms with Crippen LogP contribution in [0, 0.1) is 22.7 Å². The maximum atomic E-state index is 12.1. The van der Waals surface area contributed by atoms with Crippen molar-refractivity contribution in [3.8, 4) is 0 Å². The van der Waals surface area contributed by atoms with E-state index in [1.165, 1.54) is 11.1 Å². The zero-order chi connectivity index (χ0) is 25.1. The summed E-state index contributed by atoms with van der Waals surface area (Å²) in [5, 5.41) is 33.2. The second kappa shape index (κ2) is 8.95. The van der Waals surface area contributed by atoms with Crippen LogP contribution in [0.25, 0.3) is 0 Å². The number of fused-ring (bicyclic) bond motifs is 4. The third kappa shape index (κ3) is 4.31. The summed E-state index contributed by atoms with van der Waals surface area (Å²) in [6.45, 7) is 10.8. The van der Waals surface area contributed by atoms with Crippen LogP contribution in [-0.4, -0.2) is 52.9 Å². The van der Waals surface area contributed by atoms with E-state index in [4.69, 9.17) is 9.47 Å². The summed E-state index contributed by atoms with van der Waals surface area (Å²) in [6.07, 6.45) is 5.05. The van der Waals surface area contributed by atoms with E-state index < -0.39 is 11.2 Å². The topological polar surface area (TPSA) is 79.2 Å². The fraction of sp³-hybridized carbons (Fsp3) is 0.733. The molecule has 1 heterocycles. The molecule has 0 bridgehead atoms. The zero-order valence-electron chi connectivity index (χ0n) is 22.0. The van der Waals surface area contributed by atoms with E-state index in [-0.39, 0.29) is 23.4 Å². The van der Waals surface area contributed by atoms with Crippen LogP contribution in [-0.2, 0) is 16.1 Å². The molecule has 3 fully saturated rings. The van der Waals surface area contributed by atoms with Gasteiger partial charge < -0.3 is 24.8 Å². The molecule has 194 valence electrons. The molecular weight excluding hydrogens is 440 g/mol. The maximum absolute atomic E-state index is 12.1. The second-order valence-corrected chi connectivity index (χ2v) is 13.1. The standard InChI is InChI=1S/C30H44O5/c1-27(2)17-34-14-11-25-26-22(9-13-30(25,33)19-35-18-27)24-10-12-29(4,32)28(24,3)15-23(26)21-7-5-20(16-31)6-8-21/h5-8,22-24,31-33H,9-19H2,1-4H3. The molecule has 3 aliphatic carbocycles. The minimum absolute atomic E-state index is 0.0286. The van der Waals surface area contributed by atoms with E-state index >= 15 is 0 Å². The van der Waals surface area contributed by atoms with Gasteiger partial charge in [-0.05, 0) is 74.0 Å². The van der Waals surface area contributed by atoms with Crippen LogP contribution in [0.5, 0.6) is 0 Å². The molecule has 4 aliphatic rings. The summed E-state index contributed by atoms with van der Waals surface area (Å²) < 4.78 is 12.3. The van der Waals surface area contributed by atoms with Crippen molar-refractivity contribution in [1.29, 1.82) is 0 Å². The number of aliphatic hydroxyl groups is 3. The van der Waals surface area contributed by atoms with E-state index in [0.29, 0.717) is 51.1 Å². The minimum Gasteiger partial charge on any atom is -0.392 e. The minimum atomic E-state index is -0.971. The summed E-state index contributed by atoms with van der Waals surface area (Å²) in [6, 6.07) is 8.29. The number of hydrogen-bond donors (Lipinski definition) is 3. The molecule has 2 saturated carbocycles. The lowest BCUT2D eigenvalue weighted by molar-refractivity contribution is -0.0985. The van der Waals surface area contributed by atoms with Gasteiger partial charge in [-0.3, -0.25) is 0 Å². The highest BCUT2D eigenvalue weighted by molar-refractivity contribution is 5.43. The summed E-state index contributed by atoms with van der Waals surface area (Å²) in [7, 11) is 0. The number of rotatable bonds is 2. The Morgan fingerprint density at radius 3 is 2.34 bits per heavy atom. The Bertz CT molecular complexity index is 963. The van der Waals surface area contributed by atoms with Gasteiger partial charge >= 0.3 is 0 Å². The first-order chi connectivity index (χ1) is 16.5. The zero-order valence-corrected chi connectivity index (χ0v) is 22.0. The largest absolute Gasteiger partial charge is 0.392 e. The lowest BCUT2D eigenvalue weighted by atomic mass is 9.51. The average molecular weight is 485 g/mol. The summed E-state index contributed by atoms with van der Waals surface area (Å²) in [4.78, 5) is 0. The second-order valence-electron chi connectivity index (χ2n) is 13.1. The Hall–Kier alpha value is -1.24. The number of benzene rings is 1. The van der Waals surface area contributed by atoms with Gasteiger partial charge in [-0.1, -0.05) is 50.6 Å². The highest BCUT2D eigenvalue weighted by Crippen LogP contribution is 2.66. The first kappa shape index (κ1) is 25.4. The third-order valence-corrected chi connectivity index (χ3v) is 10.0. The molecule has 6 unspecified atom stereocenters. The van der Waals surface area contributed by atoms with Crippen LogP contribution in [0.2, 0.25) is 0 Å². The number of aliphatic hydroxyl groups excluding tert-OH is 1. The van der Waals surface area contributed by atoms with Gasteiger partial charge in [0.15, 0.2) is 0 Å². The van der Waals surface area contributed by atoms with E-state index in [9.17, 15) is 15.3 Å². The smallest absolute Gasteiger partial charge is 0.109 e. The Morgan fingerprint density at radius 1 is 0.914 bits per heavy atom. The van der Waals surface area contributed by atoms with Gasteiger partial charge in [0, 0.05) is 16.7 Å². The number of hydrogen-bond acceptors (Lipinski definition) is 5. The first-order valence-electron chi connectivity index (χ1n) is 13.5. The molecule has 1 aromatic carbocycles.